The Morgan fingerprint density at radius 1 is 0.962 bits per heavy atom. The molecular weight excluding hydrogens is 346 g/mol. The van der Waals surface area contributed by atoms with E-state index < -0.39 is 0 Å². The number of nitrogens with zero attached hydrogens (tertiary/aromatic N) is 5. The minimum Gasteiger partial charge on any atom is -0.378 e. The lowest BCUT2D eigenvalue weighted by Crippen LogP contribution is -2.37. The normalized spacial score (nSPS) is 14.5. The van der Waals surface area contributed by atoms with Crippen molar-refractivity contribution in [2.75, 3.05) is 37.0 Å². The average molecular weight is 367 g/mol. The van der Waals surface area contributed by atoms with Crippen LogP contribution >= 0.6 is 11.8 Å². The van der Waals surface area contributed by atoms with Crippen LogP contribution in [-0.4, -0.2) is 51.8 Å². The zero-order valence-corrected chi connectivity index (χ0v) is 15.3. The molecule has 6 nitrogen and oxygen atoms in total. The number of aryl methyl sites for hydroxylation is 1. The van der Waals surface area contributed by atoms with E-state index in [1.54, 1.807) is 11.8 Å². The van der Waals surface area contributed by atoms with Gasteiger partial charge in [-0.1, -0.05) is 36.0 Å². The predicted octanol–water partition coefficient (Wildman–Crippen LogP) is 2.83. The van der Waals surface area contributed by atoms with Gasteiger partial charge in [0.05, 0.1) is 18.9 Å². The molecule has 0 atom stereocenters. The Labute approximate surface area is 157 Å². The molecule has 1 fully saturated rings. The number of morpholine rings is 1. The van der Waals surface area contributed by atoms with Gasteiger partial charge in [0.25, 0.3) is 0 Å². The van der Waals surface area contributed by atoms with E-state index >= 15 is 0 Å². The van der Waals surface area contributed by atoms with Crippen LogP contribution in [0, 0.1) is 0 Å². The van der Waals surface area contributed by atoms with Crippen molar-refractivity contribution >= 4 is 17.7 Å². The van der Waals surface area contributed by atoms with Crippen molar-refractivity contribution < 1.29 is 4.74 Å². The predicted molar refractivity (Wildman–Crippen MR) is 103 cm³/mol. The number of benzene rings is 1. The summed E-state index contributed by atoms with van der Waals surface area (Å²) >= 11 is 1.71. The van der Waals surface area contributed by atoms with Crippen molar-refractivity contribution in [2.45, 2.75) is 11.6 Å². The Balaban J connectivity index is 1.56. The smallest absolute Gasteiger partial charge is 0.232 e. The van der Waals surface area contributed by atoms with E-state index in [9.17, 15) is 0 Å². The molecule has 0 radical (unpaired) electrons. The highest BCUT2D eigenvalue weighted by molar-refractivity contribution is 7.99. The van der Waals surface area contributed by atoms with Gasteiger partial charge in [-0.25, -0.2) is 0 Å². The van der Waals surface area contributed by atoms with Gasteiger partial charge < -0.3 is 9.64 Å². The molecule has 2 aromatic heterocycles. The molecule has 4 rings (SSSR count). The van der Waals surface area contributed by atoms with Gasteiger partial charge in [0.2, 0.25) is 5.95 Å². The Bertz CT molecular complexity index is 818. The first-order valence-corrected chi connectivity index (χ1v) is 9.76. The van der Waals surface area contributed by atoms with Gasteiger partial charge in [0.1, 0.15) is 0 Å². The summed E-state index contributed by atoms with van der Waals surface area (Å²) in [4.78, 5) is 6.63. The standard InChI is InChI=1S/C19H21N5OS/c1-2-7-17(8-3-1)24-18(23-11-13-25-14-12-23)21-22-19(24)26-15-9-16-6-4-5-10-20-16/h1-8,10H,9,11-15H2. The van der Waals surface area contributed by atoms with Crippen molar-refractivity contribution in [2.24, 2.45) is 0 Å². The largest absolute Gasteiger partial charge is 0.378 e. The fraction of sp³-hybridized carbons (Fsp3) is 0.316. The van der Waals surface area contributed by atoms with Gasteiger partial charge >= 0.3 is 0 Å². The maximum Gasteiger partial charge on any atom is 0.232 e. The second kappa shape index (κ2) is 8.33. The molecule has 0 aliphatic carbocycles. The Kier molecular flexibility index (Phi) is 5.47. The highest BCUT2D eigenvalue weighted by atomic mass is 32.2. The first-order chi connectivity index (χ1) is 12.9. The molecule has 1 saturated heterocycles. The summed E-state index contributed by atoms with van der Waals surface area (Å²) in [7, 11) is 0. The average Bonchev–Trinajstić information content (AvgIpc) is 3.14. The van der Waals surface area contributed by atoms with Crippen molar-refractivity contribution in [3.8, 4) is 5.69 Å². The van der Waals surface area contributed by atoms with Crippen LogP contribution in [0.15, 0.2) is 59.9 Å². The maximum atomic E-state index is 5.48. The van der Waals surface area contributed by atoms with E-state index in [4.69, 9.17) is 4.74 Å². The van der Waals surface area contributed by atoms with Crippen LogP contribution in [-0.2, 0) is 11.2 Å². The first kappa shape index (κ1) is 17.1. The maximum absolute atomic E-state index is 5.48. The number of ether oxygens (including phenoxy) is 1. The zero-order valence-electron chi connectivity index (χ0n) is 14.5. The van der Waals surface area contributed by atoms with Crippen LogP contribution in [0.25, 0.3) is 5.69 Å². The van der Waals surface area contributed by atoms with Crippen LogP contribution < -0.4 is 4.90 Å². The number of rotatable bonds is 6. The summed E-state index contributed by atoms with van der Waals surface area (Å²) in [6.45, 7) is 3.13. The van der Waals surface area contributed by atoms with E-state index in [2.05, 4.69) is 42.8 Å². The van der Waals surface area contributed by atoms with E-state index in [-0.39, 0.29) is 0 Å². The van der Waals surface area contributed by atoms with Crippen LogP contribution in [0.5, 0.6) is 0 Å². The van der Waals surface area contributed by atoms with E-state index in [1.165, 1.54) is 0 Å². The summed E-state index contributed by atoms with van der Waals surface area (Å²) < 4.78 is 7.62. The number of para-hydroxylation sites is 1. The monoisotopic (exact) mass is 367 g/mol. The lowest BCUT2D eigenvalue weighted by Gasteiger charge is -2.27. The summed E-state index contributed by atoms with van der Waals surface area (Å²) in [6, 6.07) is 16.3. The lowest BCUT2D eigenvalue weighted by molar-refractivity contribution is 0.122. The SMILES string of the molecule is c1ccc(-n2c(SCCc3ccccn3)nnc2N2CCOCC2)cc1. The van der Waals surface area contributed by atoms with Crippen LogP contribution in [0.4, 0.5) is 5.95 Å². The van der Waals surface area contributed by atoms with Gasteiger partial charge in [-0.3, -0.25) is 9.55 Å². The highest BCUT2D eigenvalue weighted by Crippen LogP contribution is 2.27. The quantitative estimate of drug-likeness (QED) is 0.625. The summed E-state index contributed by atoms with van der Waals surface area (Å²) in [5.74, 6) is 1.80. The summed E-state index contributed by atoms with van der Waals surface area (Å²) in [5.41, 5.74) is 2.18. The molecular formula is C19H21N5OS. The van der Waals surface area contributed by atoms with Gasteiger partial charge in [-0.15, -0.1) is 10.2 Å². The lowest BCUT2D eigenvalue weighted by atomic mass is 10.3. The molecule has 134 valence electrons. The van der Waals surface area contributed by atoms with E-state index in [1.807, 2.05) is 36.5 Å². The van der Waals surface area contributed by atoms with Crippen LogP contribution in [0.3, 0.4) is 0 Å². The third-order valence-electron chi connectivity index (χ3n) is 4.24. The van der Waals surface area contributed by atoms with Gasteiger partial charge in [-0.2, -0.15) is 0 Å². The molecule has 7 heteroatoms. The number of thioether (sulfide) groups is 1. The molecule has 3 heterocycles. The highest BCUT2D eigenvalue weighted by Gasteiger charge is 2.21. The number of aromatic nitrogens is 4. The van der Waals surface area contributed by atoms with Gasteiger partial charge in [-0.05, 0) is 30.7 Å². The summed E-state index contributed by atoms with van der Waals surface area (Å²) in [6.07, 6.45) is 2.74. The molecule has 3 aromatic rings. The number of anilines is 1. The van der Waals surface area contributed by atoms with Crippen molar-refractivity contribution in [1.29, 1.82) is 0 Å². The zero-order chi connectivity index (χ0) is 17.6. The third-order valence-corrected chi connectivity index (χ3v) is 5.17. The molecule has 0 amide bonds. The third kappa shape index (κ3) is 3.89. The topological polar surface area (TPSA) is 56.1 Å². The van der Waals surface area contributed by atoms with Crippen LogP contribution in [0.1, 0.15) is 5.69 Å². The molecule has 1 aromatic carbocycles. The minimum atomic E-state index is 0.726. The molecule has 0 unspecified atom stereocenters. The minimum absolute atomic E-state index is 0.726. The summed E-state index contributed by atoms with van der Waals surface area (Å²) in [5, 5.41) is 9.87. The van der Waals surface area contributed by atoms with Gasteiger partial charge in [0.15, 0.2) is 5.16 Å². The molecule has 26 heavy (non-hydrogen) atoms. The molecule has 0 bridgehead atoms. The molecule has 0 N–H and O–H groups in total. The Morgan fingerprint density at radius 3 is 2.54 bits per heavy atom. The van der Waals surface area contributed by atoms with Crippen molar-refractivity contribution in [3.63, 3.8) is 0 Å². The Morgan fingerprint density at radius 2 is 1.77 bits per heavy atom. The fourth-order valence-corrected chi connectivity index (χ4v) is 3.83. The molecule has 0 saturated carbocycles. The molecule has 0 spiro atoms. The molecule has 1 aliphatic heterocycles. The van der Waals surface area contributed by atoms with E-state index in [0.717, 1.165) is 61.0 Å². The first-order valence-electron chi connectivity index (χ1n) is 8.78. The van der Waals surface area contributed by atoms with Crippen molar-refractivity contribution in [3.05, 3.63) is 60.4 Å². The second-order valence-corrected chi connectivity index (χ2v) is 7.03. The van der Waals surface area contributed by atoms with Crippen LogP contribution in [0.2, 0.25) is 0 Å². The van der Waals surface area contributed by atoms with E-state index in [0.29, 0.717) is 0 Å². The second-order valence-electron chi connectivity index (χ2n) is 5.97. The number of hydrogen-bond acceptors (Lipinski definition) is 6. The Hall–Kier alpha value is -2.38. The number of hydrogen-bond donors (Lipinski definition) is 0. The molecule has 1 aliphatic rings. The van der Waals surface area contributed by atoms with Crippen molar-refractivity contribution in [1.82, 2.24) is 19.7 Å². The fourth-order valence-electron chi connectivity index (χ4n) is 2.92. The number of pyridine rings is 1. The van der Waals surface area contributed by atoms with Gasteiger partial charge in [0, 0.05) is 30.7 Å².